The fraction of sp³-hybridized carbons (Fsp3) is 0.235. The number of benzene rings is 1. The number of carbonyl (C=O) groups excluding carboxylic acids is 1. The molecule has 3 rings (SSSR count). The van der Waals surface area contributed by atoms with E-state index in [9.17, 15) is 28.1 Å². The first-order valence-corrected chi connectivity index (χ1v) is 8.29. The van der Waals surface area contributed by atoms with Crippen molar-refractivity contribution in [1.29, 1.82) is 0 Å². The number of non-ortho nitro benzene ring substituents is 1. The lowest BCUT2D eigenvalue weighted by molar-refractivity contribution is -0.385. The molecule has 0 aliphatic heterocycles. The van der Waals surface area contributed by atoms with E-state index in [1.807, 2.05) is 0 Å². The number of nitro benzene ring substituents is 1. The number of fused-ring (bicyclic) bond motifs is 1. The molecule has 0 unspecified atom stereocenters. The number of hydrogen-bond acceptors (Lipinski definition) is 7. The van der Waals surface area contributed by atoms with Gasteiger partial charge in [0, 0.05) is 24.9 Å². The Balaban J connectivity index is 1.90. The van der Waals surface area contributed by atoms with Crippen molar-refractivity contribution in [2.24, 2.45) is 0 Å². The highest BCUT2D eigenvalue weighted by atomic mass is 19.4. The topological polar surface area (TPSA) is 112 Å². The first-order chi connectivity index (χ1) is 13.7. The van der Waals surface area contributed by atoms with Crippen LogP contribution in [-0.2, 0) is 17.5 Å². The molecule has 3 aromatic rings. The fourth-order valence-corrected chi connectivity index (χ4v) is 2.62. The number of hydrogen-bond donors (Lipinski definition) is 1. The van der Waals surface area contributed by atoms with Crippen molar-refractivity contribution >= 4 is 23.0 Å². The minimum Gasteiger partial charge on any atom is -0.462 e. The molecule has 0 fully saturated rings. The number of ether oxygens (including phenoxy) is 1. The normalized spacial score (nSPS) is 11.4. The van der Waals surface area contributed by atoms with E-state index in [1.54, 1.807) is 6.92 Å². The molecule has 0 spiro atoms. The molecule has 0 bridgehead atoms. The number of anilines is 1. The van der Waals surface area contributed by atoms with E-state index in [-0.39, 0.29) is 30.1 Å². The first kappa shape index (κ1) is 20.0. The Labute approximate surface area is 161 Å². The summed E-state index contributed by atoms with van der Waals surface area (Å²) in [6.07, 6.45) is -2.10. The molecule has 0 radical (unpaired) electrons. The molecule has 1 aromatic carbocycles. The molecule has 0 atom stereocenters. The molecule has 0 aliphatic rings. The molecule has 152 valence electrons. The molecule has 2 heterocycles. The lowest BCUT2D eigenvalue weighted by Crippen LogP contribution is -2.09. The third-order valence-electron chi connectivity index (χ3n) is 3.89. The van der Waals surface area contributed by atoms with Gasteiger partial charge >= 0.3 is 12.1 Å². The molecule has 0 amide bonds. The number of halogens is 3. The minimum absolute atomic E-state index is 0.0421. The van der Waals surface area contributed by atoms with E-state index >= 15 is 0 Å². The number of esters is 1. The van der Waals surface area contributed by atoms with Gasteiger partial charge in [0.1, 0.15) is 11.8 Å². The molecule has 0 saturated carbocycles. The maximum Gasteiger partial charge on any atom is 0.416 e. The molecule has 0 saturated heterocycles. The summed E-state index contributed by atoms with van der Waals surface area (Å²) in [4.78, 5) is 25.9. The van der Waals surface area contributed by atoms with Gasteiger partial charge in [0.05, 0.1) is 22.7 Å². The van der Waals surface area contributed by atoms with Crippen LogP contribution < -0.4 is 5.32 Å². The van der Waals surface area contributed by atoms with Crippen molar-refractivity contribution in [1.82, 2.24) is 14.6 Å². The van der Waals surface area contributed by atoms with E-state index in [2.05, 4.69) is 15.4 Å². The Bertz CT molecular complexity index is 1080. The highest BCUT2D eigenvalue weighted by molar-refractivity contribution is 5.92. The zero-order valence-corrected chi connectivity index (χ0v) is 14.9. The van der Waals surface area contributed by atoms with Crippen LogP contribution in [0.2, 0.25) is 0 Å². The van der Waals surface area contributed by atoms with E-state index in [4.69, 9.17) is 4.74 Å². The molecular weight excluding hydrogens is 395 g/mol. The van der Waals surface area contributed by atoms with E-state index in [1.165, 1.54) is 23.1 Å². The number of nitrogens with one attached hydrogen (secondary N) is 1. The number of rotatable bonds is 6. The van der Waals surface area contributed by atoms with Crippen LogP contribution >= 0.6 is 0 Å². The second-order valence-corrected chi connectivity index (χ2v) is 5.88. The van der Waals surface area contributed by atoms with Crippen LogP contribution in [-0.4, -0.2) is 32.1 Å². The standard InChI is InChI=1S/C17H14F3N5O4/c1-2-29-16(26)11-5-14-15(22-9-23-24(14)8-11)21-7-10-3-12(17(18,19)20)6-13(4-10)25(27)28/h3-6,8-9H,2,7H2,1H3,(H,21,22,23). The van der Waals surface area contributed by atoms with Gasteiger partial charge in [0.15, 0.2) is 5.82 Å². The largest absolute Gasteiger partial charge is 0.462 e. The Morgan fingerprint density at radius 1 is 1.31 bits per heavy atom. The number of alkyl halides is 3. The highest BCUT2D eigenvalue weighted by Gasteiger charge is 2.32. The Kier molecular flexibility index (Phi) is 5.35. The van der Waals surface area contributed by atoms with Gasteiger partial charge in [0.2, 0.25) is 0 Å². The van der Waals surface area contributed by atoms with Gasteiger partial charge in [-0.2, -0.15) is 18.3 Å². The summed E-state index contributed by atoms with van der Waals surface area (Å²) in [6.45, 7) is 1.68. The third kappa shape index (κ3) is 4.42. The predicted molar refractivity (Wildman–Crippen MR) is 94.4 cm³/mol. The van der Waals surface area contributed by atoms with Gasteiger partial charge < -0.3 is 10.1 Å². The number of nitro groups is 1. The van der Waals surface area contributed by atoms with E-state index in [0.717, 1.165) is 12.1 Å². The Hall–Kier alpha value is -3.70. The summed E-state index contributed by atoms with van der Waals surface area (Å²) in [5.41, 5.74) is -1.14. The smallest absolute Gasteiger partial charge is 0.416 e. The van der Waals surface area contributed by atoms with E-state index < -0.39 is 28.3 Å². The predicted octanol–water partition coefficient (Wildman–Crippen LogP) is 3.45. The van der Waals surface area contributed by atoms with Crippen molar-refractivity contribution in [3.63, 3.8) is 0 Å². The van der Waals surface area contributed by atoms with Crippen molar-refractivity contribution in [2.45, 2.75) is 19.6 Å². The lowest BCUT2D eigenvalue weighted by Gasteiger charge is -2.11. The molecule has 0 aliphatic carbocycles. The molecular formula is C17H14F3N5O4. The van der Waals surface area contributed by atoms with Crippen LogP contribution in [0, 0.1) is 10.1 Å². The van der Waals surface area contributed by atoms with Gasteiger partial charge in [-0.3, -0.25) is 10.1 Å². The molecule has 29 heavy (non-hydrogen) atoms. The number of nitrogens with zero attached hydrogens (tertiary/aromatic N) is 4. The first-order valence-electron chi connectivity index (χ1n) is 8.29. The second-order valence-electron chi connectivity index (χ2n) is 5.88. The zero-order valence-electron chi connectivity index (χ0n) is 14.9. The quantitative estimate of drug-likeness (QED) is 0.377. The van der Waals surface area contributed by atoms with Crippen molar-refractivity contribution in [3.05, 3.63) is 63.6 Å². The van der Waals surface area contributed by atoms with Crippen molar-refractivity contribution < 1.29 is 27.6 Å². The zero-order chi connectivity index (χ0) is 21.2. The maximum absolute atomic E-state index is 13.0. The average molecular weight is 409 g/mol. The molecule has 9 nitrogen and oxygen atoms in total. The van der Waals surface area contributed by atoms with Crippen molar-refractivity contribution in [2.75, 3.05) is 11.9 Å². The molecule has 12 heteroatoms. The van der Waals surface area contributed by atoms with Crippen LogP contribution in [0.1, 0.15) is 28.4 Å². The highest BCUT2D eigenvalue weighted by Crippen LogP contribution is 2.32. The average Bonchev–Trinajstić information content (AvgIpc) is 3.10. The van der Waals surface area contributed by atoms with E-state index in [0.29, 0.717) is 11.6 Å². The molecule has 2 aromatic heterocycles. The monoisotopic (exact) mass is 409 g/mol. The summed E-state index contributed by atoms with van der Waals surface area (Å²) < 4.78 is 45.3. The van der Waals surface area contributed by atoms with Crippen LogP contribution in [0.5, 0.6) is 0 Å². The van der Waals surface area contributed by atoms with Crippen molar-refractivity contribution in [3.8, 4) is 0 Å². The van der Waals surface area contributed by atoms with Crippen LogP contribution in [0.3, 0.4) is 0 Å². The third-order valence-corrected chi connectivity index (χ3v) is 3.89. The van der Waals surface area contributed by atoms with Gasteiger partial charge in [-0.1, -0.05) is 0 Å². The lowest BCUT2D eigenvalue weighted by atomic mass is 10.1. The maximum atomic E-state index is 13.0. The van der Waals surface area contributed by atoms with Crippen LogP contribution in [0.4, 0.5) is 24.7 Å². The molecule has 1 N–H and O–H groups in total. The minimum atomic E-state index is -4.72. The number of aromatic nitrogens is 3. The Morgan fingerprint density at radius 3 is 2.72 bits per heavy atom. The van der Waals surface area contributed by atoms with Gasteiger partial charge in [-0.05, 0) is 24.6 Å². The van der Waals surface area contributed by atoms with Gasteiger partial charge in [-0.15, -0.1) is 0 Å². The van der Waals surface area contributed by atoms with Gasteiger partial charge in [0.25, 0.3) is 5.69 Å². The SMILES string of the molecule is CCOC(=O)c1cc2c(NCc3cc([N+](=O)[O-])cc(C(F)(F)F)c3)ncnn2c1. The summed E-state index contributed by atoms with van der Waals surface area (Å²) in [5.74, 6) is -0.326. The Morgan fingerprint density at radius 2 is 2.07 bits per heavy atom. The van der Waals surface area contributed by atoms with Crippen LogP contribution in [0.15, 0.2) is 36.8 Å². The summed E-state index contributed by atoms with van der Waals surface area (Å²) in [6, 6.07) is 3.81. The fourth-order valence-electron chi connectivity index (χ4n) is 2.62. The van der Waals surface area contributed by atoms with Gasteiger partial charge in [-0.25, -0.2) is 14.3 Å². The number of carbonyl (C=O) groups is 1. The summed E-state index contributed by atoms with van der Waals surface area (Å²) >= 11 is 0. The second kappa shape index (κ2) is 7.73. The summed E-state index contributed by atoms with van der Waals surface area (Å²) in [5, 5.41) is 17.7. The summed E-state index contributed by atoms with van der Waals surface area (Å²) in [7, 11) is 0. The van der Waals surface area contributed by atoms with Crippen LogP contribution in [0.25, 0.3) is 5.52 Å².